The second kappa shape index (κ2) is 8.48. The average Bonchev–Trinajstić information content (AvgIpc) is 3.14. The first-order valence-electron chi connectivity index (χ1n) is 11.6. The molecule has 2 bridgehead atoms. The molecule has 7 heteroatoms. The standard InChI is InChI=1S/C28H23IN2O4/c1-3-35-26-20(29)12-15(13-21(26)34-2)14-30-31-27(32)24-22-16-8-4-5-9-17(16)23(25(24)28(31)33)19-11-7-6-10-18(19)22/h4-14,22-25H,3H2,1-2H3/b30-14-/t22?,23?,24-,25+. The molecule has 3 aromatic carbocycles. The molecule has 1 fully saturated rings. The van der Waals surface area contributed by atoms with Gasteiger partial charge in [0.05, 0.1) is 35.3 Å². The van der Waals surface area contributed by atoms with Crippen LogP contribution in [0.15, 0.2) is 65.8 Å². The number of hydrogen-bond acceptors (Lipinski definition) is 5. The second-order valence-corrected chi connectivity index (χ2v) is 10.1. The lowest BCUT2D eigenvalue weighted by Gasteiger charge is -2.45. The molecule has 0 saturated carbocycles. The van der Waals surface area contributed by atoms with Crippen LogP contribution < -0.4 is 9.47 Å². The van der Waals surface area contributed by atoms with E-state index >= 15 is 0 Å². The Labute approximate surface area is 217 Å². The lowest BCUT2D eigenvalue weighted by atomic mass is 9.55. The van der Waals surface area contributed by atoms with Gasteiger partial charge in [0.1, 0.15) is 0 Å². The number of amides is 2. The summed E-state index contributed by atoms with van der Waals surface area (Å²) in [5.74, 6) is -0.378. The van der Waals surface area contributed by atoms with Crippen molar-refractivity contribution < 1.29 is 19.1 Å². The summed E-state index contributed by atoms with van der Waals surface area (Å²) in [7, 11) is 1.58. The Morgan fingerprint density at radius 1 is 0.914 bits per heavy atom. The monoisotopic (exact) mass is 578 g/mol. The van der Waals surface area contributed by atoms with Gasteiger partial charge in [0.2, 0.25) is 0 Å². The summed E-state index contributed by atoms with van der Waals surface area (Å²) < 4.78 is 12.0. The van der Waals surface area contributed by atoms with Gasteiger partial charge in [-0.25, -0.2) is 0 Å². The summed E-state index contributed by atoms with van der Waals surface area (Å²) >= 11 is 2.18. The van der Waals surface area contributed by atoms with Crippen molar-refractivity contribution in [2.75, 3.05) is 13.7 Å². The van der Waals surface area contributed by atoms with E-state index in [1.807, 2.05) is 37.3 Å². The molecule has 1 heterocycles. The zero-order valence-corrected chi connectivity index (χ0v) is 21.4. The van der Waals surface area contributed by atoms with Crippen molar-refractivity contribution in [2.45, 2.75) is 18.8 Å². The Kier molecular flexibility index (Phi) is 5.40. The molecule has 0 radical (unpaired) electrons. The third kappa shape index (κ3) is 3.24. The van der Waals surface area contributed by atoms with Crippen LogP contribution in [0.1, 0.15) is 46.6 Å². The Bertz CT molecular complexity index is 1290. The summed E-state index contributed by atoms with van der Waals surface area (Å²) in [6.45, 7) is 2.44. The molecule has 6 nitrogen and oxygen atoms in total. The molecule has 2 atom stereocenters. The van der Waals surface area contributed by atoms with Gasteiger partial charge in [-0.3, -0.25) is 9.59 Å². The summed E-state index contributed by atoms with van der Waals surface area (Å²) in [5, 5.41) is 5.49. The third-order valence-corrected chi connectivity index (χ3v) is 8.09. The summed E-state index contributed by atoms with van der Waals surface area (Å²) in [5.41, 5.74) is 5.32. The number of benzene rings is 3. The number of imide groups is 1. The molecule has 0 N–H and O–H groups in total. The molecule has 4 aliphatic rings. The maximum absolute atomic E-state index is 13.7. The van der Waals surface area contributed by atoms with Crippen molar-refractivity contribution in [3.63, 3.8) is 0 Å². The number of methoxy groups -OCH3 is 1. The first kappa shape index (κ1) is 22.3. The Morgan fingerprint density at radius 2 is 1.43 bits per heavy atom. The highest BCUT2D eigenvalue weighted by molar-refractivity contribution is 14.1. The minimum Gasteiger partial charge on any atom is -0.493 e. The van der Waals surface area contributed by atoms with E-state index in [-0.39, 0.29) is 23.7 Å². The number of ether oxygens (including phenoxy) is 2. The van der Waals surface area contributed by atoms with E-state index in [9.17, 15) is 9.59 Å². The van der Waals surface area contributed by atoms with Gasteiger partial charge in [-0.05, 0) is 69.5 Å². The molecule has 3 aliphatic carbocycles. The number of rotatable bonds is 5. The van der Waals surface area contributed by atoms with Crippen LogP contribution in [-0.2, 0) is 9.59 Å². The van der Waals surface area contributed by atoms with E-state index in [1.54, 1.807) is 19.4 Å². The highest BCUT2D eigenvalue weighted by Crippen LogP contribution is 2.60. The fraction of sp³-hybridized carbons (Fsp3) is 0.250. The van der Waals surface area contributed by atoms with Gasteiger partial charge in [0.15, 0.2) is 11.5 Å². The van der Waals surface area contributed by atoms with E-state index in [0.717, 1.165) is 36.4 Å². The molecule has 1 saturated heterocycles. The van der Waals surface area contributed by atoms with Gasteiger partial charge in [0, 0.05) is 11.8 Å². The number of halogens is 1. The molecule has 2 amide bonds. The molecule has 0 unspecified atom stereocenters. The van der Waals surface area contributed by atoms with E-state index in [4.69, 9.17) is 9.47 Å². The second-order valence-electron chi connectivity index (χ2n) is 8.96. The van der Waals surface area contributed by atoms with Crippen molar-refractivity contribution in [1.82, 2.24) is 5.01 Å². The van der Waals surface area contributed by atoms with Gasteiger partial charge in [-0.15, -0.1) is 0 Å². The highest BCUT2D eigenvalue weighted by Gasteiger charge is 2.61. The fourth-order valence-electron chi connectivity index (χ4n) is 6.00. The van der Waals surface area contributed by atoms with Crippen molar-refractivity contribution in [3.8, 4) is 11.5 Å². The van der Waals surface area contributed by atoms with Crippen molar-refractivity contribution in [1.29, 1.82) is 0 Å². The number of carbonyl (C=O) groups is 2. The van der Waals surface area contributed by atoms with E-state index in [0.29, 0.717) is 18.1 Å². The zero-order chi connectivity index (χ0) is 24.3. The van der Waals surface area contributed by atoms with Gasteiger partial charge in [0.25, 0.3) is 11.8 Å². The van der Waals surface area contributed by atoms with Crippen LogP contribution in [0, 0.1) is 15.4 Å². The molecular formula is C28H23IN2O4. The first-order chi connectivity index (χ1) is 17.0. The lowest BCUT2D eigenvalue weighted by Crippen LogP contribution is -2.41. The zero-order valence-electron chi connectivity index (χ0n) is 19.3. The number of carbonyl (C=O) groups excluding carboxylic acids is 2. The molecule has 176 valence electrons. The summed E-state index contributed by atoms with van der Waals surface area (Å²) in [6.07, 6.45) is 1.55. The first-order valence-corrected chi connectivity index (χ1v) is 12.7. The van der Waals surface area contributed by atoms with Crippen LogP contribution in [0.2, 0.25) is 0 Å². The molecule has 3 aromatic rings. The SMILES string of the molecule is CCOc1c(I)cc(/C=N\N2C(=O)[C@@H]3C4c5ccccc5C(c5ccccc54)[C@@H]3C2=O)cc1OC. The van der Waals surface area contributed by atoms with Crippen molar-refractivity contribution in [3.05, 3.63) is 92.1 Å². The number of hydrazone groups is 1. The maximum atomic E-state index is 13.7. The Balaban J connectivity index is 1.38. The van der Waals surface area contributed by atoms with Crippen LogP contribution >= 0.6 is 22.6 Å². The fourth-order valence-corrected chi connectivity index (χ4v) is 6.78. The number of hydrogen-bond donors (Lipinski definition) is 0. The predicted octanol–water partition coefficient (Wildman–Crippen LogP) is 4.92. The molecule has 1 aliphatic heterocycles. The van der Waals surface area contributed by atoms with E-state index in [1.165, 1.54) is 0 Å². The maximum Gasteiger partial charge on any atom is 0.254 e. The average molecular weight is 578 g/mol. The van der Waals surface area contributed by atoms with E-state index < -0.39 is 11.8 Å². The van der Waals surface area contributed by atoms with Gasteiger partial charge in [-0.1, -0.05) is 48.5 Å². The van der Waals surface area contributed by atoms with Crippen LogP contribution in [0.4, 0.5) is 0 Å². The third-order valence-electron chi connectivity index (χ3n) is 7.29. The quantitative estimate of drug-likeness (QED) is 0.245. The molecular weight excluding hydrogens is 555 g/mol. The topological polar surface area (TPSA) is 68.2 Å². The normalized spacial score (nSPS) is 23.9. The van der Waals surface area contributed by atoms with Crippen molar-refractivity contribution in [2.24, 2.45) is 16.9 Å². The largest absolute Gasteiger partial charge is 0.493 e. The minimum atomic E-state index is -0.440. The lowest BCUT2D eigenvalue weighted by molar-refractivity contribution is -0.139. The van der Waals surface area contributed by atoms with Crippen LogP contribution in [0.25, 0.3) is 0 Å². The van der Waals surface area contributed by atoms with Gasteiger partial charge < -0.3 is 9.47 Å². The summed E-state index contributed by atoms with van der Waals surface area (Å²) in [4.78, 5) is 27.3. The van der Waals surface area contributed by atoms with Gasteiger partial charge in [-0.2, -0.15) is 10.1 Å². The van der Waals surface area contributed by atoms with Crippen LogP contribution in [0.3, 0.4) is 0 Å². The smallest absolute Gasteiger partial charge is 0.254 e. The van der Waals surface area contributed by atoms with Crippen molar-refractivity contribution >= 4 is 40.6 Å². The minimum absolute atomic E-state index is 0.138. The van der Waals surface area contributed by atoms with Crippen LogP contribution in [0.5, 0.6) is 11.5 Å². The van der Waals surface area contributed by atoms with Crippen LogP contribution in [-0.4, -0.2) is 36.8 Å². The number of nitrogens with zero attached hydrogens (tertiary/aromatic N) is 2. The molecule has 35 heavy (non-hydrogen) atoms. The predicted molar refractivity (Wildman–Crippen MR) is 140 cm³/mol. The van der Waals surface area contributed by atoms with Gasteiger partial charge >= 0.3 is 0 Å². The summed E-state index contributed by atoms with van der Waals surface area (Å²) in [6, 6.07) is 20.1. The highest BCUT2D eigenvalue weighted by atomic mass is 127. The molecule has 0 spiro atoms. The Morgan fingerprint density at radius 3 is 1.89 bits per heavy atom. The van der Waals surface area contributed by atoms with E-state index in [2.05, 4.69) is 52.0 Å². The Hall–Kier alpha value is -3.20. The molecule has 7 rings (SSSR count). The molecule has 0 aromatic heterocycles.